The van der Waals surface area contributed by atoms with Crippen LogP contribution in [0.1, 0.15) is 23.9 Å². The van der Waals surface area contributed by atoms with E-state index in [-0.39, 0.29) is 11.8 Å². The van der Waals surface area contributed by atoms with Crippen molar-refractivity contribution >= 4 is 17.3 Å². The molecule has 19 heavy (non-hydrogen) atoms. The van der Waals surface area contributed by atoms with E-state index in [1.54, 1.807) is 18.3 Å². The average Bonchev–Trinajstić information content (AvgIpc) is 2.99. The van der Waals surface area contributed by atoms with E-state index in [2.05, 4.69) is 15.5 Å². The fourth-order valence-electron chi connectivity index (χ4n) is 2.20. The molecule has 3 rings (SSSR count). The van der Waals surface area contributed by atoms with Gasteiger partial charge in [0.1, 0.15) is 22.8 Å². The van der Waals surface area contributed by atoms with Crippen molar-refractivity contribution in [2.45, 2.75) is 12.5 Å². The zero-order valence-electron chi connectivity index (χ0n) is 10.3. The Labute approximate surface area is 115 Å². The van der Waals surface area contributed by atoms with Crippen LogP contribution < -0.4 is 5.43 Å². The molecule has 98 valence electrons. The third-order valence-electron chi connectivity index (χ3n) is 3.25. The summed E-state index contributed by atoms with van der Waals surface area (Å²) in [6.45, 7) is 0. The third-order valence-corrected chi connectivity index (χ3v) is 3.60. The van der Waals surface area contributed by atoms with Crippen molar-refractivity contribution in [1.29, 1.82) is 0 Å². The molecule has 0 saturated heterocycles. The van der Waals surface area contributed by atoms with Crippen LogP contribution in [0.5, 0.6) is 5.75 Å². The van der Waals surface area contributed by atoms with Crippen LogP contribution in [0.15, 0.2) is 35.6 Å². The molecule has 0 aliphatic carbocycles. The predicted molar refractivity (Wildman–Crippen MR) is 73.4 cm³/mol. The van der Waals surface area contributed by atoms with Gasteiger partial charge >= 0.3 is 0 Å². The first-order valence-corrected chi connectivity index (χ1v) is 6.32. The van der Waals surface area contributed by atoms with E-state index in [0.29, 0.717) is 11.6 Å². The molecule has 1 unspecified atom stereocenters. The second-order valence-corrected chi connectivity index (χ2v) is 4.85. The highest BCUT2D eigenvalue weighted by atomic mass is 35.5. The van der Waals surface area contributed by atoms with Gasteiger partial charge < -0.3 is 9.67 Å². The first-order valence-electron chi connectivity index (χ1n) is 5.94. The van der Waals surface area contributed by atoms with E-state index < -0.39 is 0 Å². The molecular formula is C13H13ClN4O. The fraction of sp³-hybridized carbons (Fsp3) is 0.231. The summed E-state index contributed by atoms with van der Waals surface area (Å²) in [6.07, 6.45) is 2.29. The van der Waals surface area contributed by atoms with Gasteiger partial charge in [-0.3, -0.25) is 5.43 Å². The van der Waals surface area contributed by atoms with E-state index in [4.69, 9.17) is 11.6 Å². The van der Waals surface area contributed by atoms with Gasteiger partial charge in [0.25, 0.3) is 0 Å². The normalized spacial score (nSPS) is 18.2. The minimum absolute atomic E-state index is 0.0212. The van der Waals surface area contributed by atoms with E-state index in [1.165, 1.54) is 0 Å². The molecule has 0 spiro atoms. The lowest BCUT2D eigenvalue weighted by Gasteiger charge is -2.10. The van der Waals surface area contributed by atoms with E-state index in [1.807, 2.05) is 23.7 Å². The van der Waals surface area contributed by atoms with Crippen LogP contribution in [-0.2, 0) is 7.05 Å². The van der Waals surface area contributed by atoms with Crippen LogP contribution in [0.25, 0.3) is 0 Å². The van der Waals surface area contributed by atoms with Crippen LogP contribution in [0, 0.1) is 0 Å². The van der Waals surface area contributed by atoms with Crippen molar-refractivity contribution in [1.82, 2.24) is 15.0 Å². The van der Waals surface area contributed by atoms with Crippen LogP contribution in [-0.4, -0.2) is 20.4 Å². The molecule has 0 amide bonds. The second kappa shape index (κ2) is 4.59. The minimum Gasteiger partial charge on any atom is -0.507 e. The van der Waals surface area contributed by atoms with Gasteiger partial charge in [-0.25, -0.2) is 4.98 Å². The zero-order chi connectivity index (χ0) is 13.4. The highest BCUT2D eigenvalue weighted by molar-refractivity contribution is 6.29. The number of aromatic hydroxyl groups is 1. The molecule has 1 aromatic carbocycles. The van der Waals surface area contributed by atoms with Crippen LogP contribution in [0.4, 0.5) is 0 Å². The lowest BCUT2D eigenvalue weighted by Crippen LogP contribution is -2.15. The quantitative estimate of drug-likeness (QED) is 0.884. The standard InChI is InChI=1S/C13H13ClN4O/c1-18-12(14)7-15-13(18)10-6-9(16-17-10)8-4-2-3-5-11(8)19/h2-5,7,10,17,19H,6H2,1H3. The van der Waals surface area contributed by atoms with Crippen LogP contribution in [0.3, 0.4) is 0 Å². The molecule has 2 aromatic rings. The third kappa shape index (κ3) is 2.06. The Hall–Kier alpha value is -2.01. The number of halogens is 1. The molecule has 1 atom stereocenters. The number of nitrogens with zero attached hydrogens (tertiary/aromatic N) is 3. The maximum absolute atomic E-state index is 9.84. The summed E-state index contributed by atoms with van der Waals surface area (Å²) in [7, 11) is 1.87. The van der Waals surface area contributed by atoms with Crippen molar-refractivity contribution in [2.75, 3.05) is 0 Å². The first kappa shape index (κ1) is 12.0. The fourth-order valence-corrected chi connectivity index (χ4v) is 2.34. The molecule has 0 bridgehead atoms. The molecule has 0 saturated carbocycles. The van der Waals surface area contributed by atoms with Crippen LogP contribution in [0.2, 0.25) is 5.15 Å². The monoisotopic (exact) mass is 276 g/mol. The molecule has 1 aliphatic heterocycles. The minimum atomic E-state index is -0.0212. The van der Waals surface area contributed by atoms with Gasteiger partial charge in [-0.1, -0.05) is 23.7 Å². The van der Waals surface area contributed by atoms with E-state index in [9.17, 15) is 5.11 Å². The SMILES string of the molecule is Cn1c(Cl)cnc1C1CC(c2ccccc2O)=NN1. The number of benzene rings is 1. The number of para-hydroxylation sites is 1. The number of hydrogen-bond acceptors (Lipinski definition) is 4. The Balaban J connectivity index is 1.84. The summed E-state index contributed by atoms with van der Waals surface area (Å²) in [6, 6.07) is 7.15. The van der Waals surface area contributed by atoms with Crippen molar-refractivity contribution in [3.05, 3.63) is 47.0 Å². The topological polar surface area (TPSA) is 62.4 Å². The Bertz CT molecular complexity index is 650. The Morgan fingerprint density at radius 1 is 1.42 bits per heavy atom. The Morgan fingerprint density at radius 2 is 2.21 bits per heavy atom. The summed E-state index contributed by atoms with van der Waals surface area (Å²) in [5, 5.41) is 14.7. The summed E-state index contributed by atoms with van der Waals surface area (Å²) in [5.74, 6) is 1.07. The van der Waals surface area contributed by atoms with Gasteiger partial charge in [0.2, 0.25) is 0 Å². The van der Waals surface area contributed by atoms with Crippen molar-refractivity contribution < 1.29 is 5.11 Å². The lowest BCUT2D eigenvalue weighted by atomic mass is 10.0. The summed E-state index contributed by atoms with van der Waals surface area (Å²) in [5.41, 5.74) is 4.61. The van der Waals surface area contributed by atoms with Crippen molar-refractivity contribution in [3.63, 3.8) is 0 Å². The summed E-state index contributed by atoms with van der Waals surface area (Å²) >= 11 is 5.98. The van der Waals surface area contributed by atoms with Gasteiger partial charge in [0.15, 0.2) is 0 Å². The number of hydrazone groups is 1. The van der Waals surface area contributed by atoms with Gasteiger partial charge in [0.05, 0.1) is 11.9 Å². The van der Waals surface area contributed by atoms with Gasteiger partial charge in [0, 0.05) is 19.0 Å². The Kier molecular flexibility index (Phi) is 2.91. The molecule has 6 heteroatoms. The van der Waals surface area contributed by atoms with Crippen molar-refractivity contribution in [3.8, 4) is 5.75 Å². The molecule has 2 heterocycles. The largest absolute Gasteiger partial charge is 0.507 e. The maximum atomic E-state index is 9.84. The molecular weight excluding hydrogens is 264 g/mol. The smallest absolute Gasteiger partial charge is 0.134 e. The van der Waals surface area contributed by atoms with Gasteiger partial charge in [-0.15, -0.1) is 0 Å². The predicted octanol–water partition coefficient (Wildman–Crippen LogP) is 2.22. The number of aromatic nitrogens is 2. The van der Waals surface area contributed by atoms with E-state index in [0.717, 1.165) is 17.1 Å². The molecule has 1 aliphatic rings. The summed E-state index contributed by atoms with van der Waals surface area (Å²) < 4.78 is 1.82. The highest BCUT2D eigenvalue weighted by Crippen LogP contribution is 2.28. The number of phenolic OH excluding ortho intramolecular Hbond substituents is 1. The first-order chi connectivity index (χ1) is 9.16. The molecule has 5 nitrogen and oxygen atoms in total. The second-order valence-electron chi connectivity index (χ2n) is 4.46. The number of imidazole rings is 1. The molecule has 0 radical (unpaired) electrons. The number of nitrogens with one attached hydrogen (secondary N) is 1. The summed E-state index contributed by atoms with van der Waals surface area (Å²) in [4.78, 5) is 4.28. The molecule has 1 aromatic heterocycles. The molecule has 2 N–H and O–H groups in total. The van der Waals surface area contributed by atoms with Gasteiger partial charge in [-0.2, -0.15) is 5.10 Å². The van der Waals surface area contributed by atoms with Crippen molar-refractivity contribution in [2.24, 2.45) is 12.1 Å². The maximum Gasteiger partial charge on any atom is 0.134 e. The lowest BCUT2D eigenvalue weighted by molar-refractivity contribution is 0.474. The average molecular weight is 277 g/mol. The van der Waals surface area contributed by atoms with E-state index >= 15 is 0 Å². The number of phenols is 1. The Morgan fingerprint density at radius 3 is 2.89 bits per heavy atom. The van der Waals surface area contributed by atoms with Gasteiger partial charge in [-0.05, 0) is 12.1 Å². The number of hydrogen-bond donors (Lipinski definition) is 2. The number of rotatable bonds is 2. The highest BCUT2D eigenvalue weighted by Gasteiger charge is 2.26. The van der Waals surface area contributed by atoms with Crippen LogP contribution >= 0.6 is 11.6 Å². The zero-order valence-corrected chi connectivity index (χ0v) is 11.1. The molecule has 0 fully saturated rings.